The number of nitrogens with zero attached hydrogens (tertiary/aromatic N) is 3. The predicted octanol–water partition coefficient (Wildman–Crippen LogP) is 5.63. The van der Waals surface area contributed by atoms with Gasteiger partial charge in [0, 0.05) is 22.7 Å². The van der Waals surface area contributed by atoms with Crippen LogP contribution in [0, 0.1) is 13.8 Å². The quantitative estimate of drug-likeness (QED) is 0.398. The van der Waals surface area contributed by atoms with Crippen molar-refractivity contribution < 1.29 is 4.79 Å². The van der Waals surface area contributed by atoms with E-state index in [9.17, 15) is 4.79 Å². The first-order chi connectivity index (χ1) is 14.5. The van der Waals surface area contributed by atoms with Crippen LogP contribution < -0.4 is 5.32 Å². The summed E-state index contributed by atoms with van der Waals surface area (Å²) in [6, 6.07) is 15.5. The van der Waals surface area contributed by atoms with Gasteiger partial charge in [-0.2, -0.15) is 0 Å². The van der Waals surface area contributed by atoms with Crippen molar-refractivity contribution in [1.29, 1.82) is 0 Å². The number of fused-ring (bicyclic) bond motifs is 1. The van der Waals surface area contributed by atoms with E-state index in [1.165, 1.54) is 5.56 Å². The number of aromatic nitrogens is 3. The fraction of sp³-hybridized carbons (Fsp3) is 0.174. The standard InChI is InChI=1S/C23H21ClN4OS/c1-15-6-7-19(10-16(15)2)26-22(29)13-28-21-12-25-9-8-20(21)27-23(28)30-14-17-4-3-5-18(24)11-17/h3-12H,13-14H2,1-2H3,(H,26,29). The van der Waals surface area contributed by atoms with Crippen LogP contribution in [0.1, 0.15) is 16.7 Å². The van der Waals surface area contributed by atoms with Crippen molar-refractivity contribution >= 4 is 46.0 Å². The van der Waals surface area contributed by atoms with Crippen LogP contribution >= 0.6 is 23.4 Å². The number of carbonyl (C=O) groups excluding carboxylic acids is 1. The molecule has 2 aromatic heterocycles. The second-order valence-corrected chi connectivity index (χ2v) is 8.49. The molecule has 0 spiro atoms. The lowest BCUT2D eigenvalue weighted by Crippen LogP contribution is -2.19. The van der Waals surface area contributed by atoms with Gasteiger partial charge in [0.2, 0.25) is 5.91 Å². The van der Waals surface area contributed by atoms with Crippen molar-refractivity contribution in [1.82, 2.24) is 14.5 Å². The van der Waals surface area contributed by atoms with E-state index in [2.05, 4.69) is 17.2 Å². The lowest BCUT2D eigenvalue weighted by Gasteiger charge is -2.11. The van der Waals surface area contributed by atoms with Gasteiger partial charge in [0.15, 0.2) is 5.16 Å². The summed E-state index contributed by atoms with van der Waals surface area (Å²) in [6.07, 6.45) is 3.45. The number of nitrogens with one attached hydrogen (secondary N) is 1. The molecule has 152 valence electrons. The number of halogens is 1. The molecule has 0 fully saturated rings. The van der Waals surface area contributed by atoms with Crippen molar-refractivity contribution in [2.24, 2.45) is 0 Å². The van der Waals surface area contributed by atoms with E-state index in [4.69, 9.17) is 16.6 Å². The largest absolute Gasteiger partial charge is 0.325 e. The maximum absolute atomic E-state index is 12.8. The number of rotatable bonds is 6. The van der Waals surface area contributed by atoms with Crippen molar-refractivity contribution in [3.63, 3.8) is 0 Å². The Kier molecular flexibility index (Phi) is 6.06. The number of pyridine rings is 1. The molecule has 0 atom stereocenters. The number of benzene rings is 2. The Labute approximate surface area is 184 Å². The molecule has 1 N–H and O–H groups in total. The Bertz CT molecular complexity index is 1220. The topological polar surface area (TPSA) is 59.8 Å². The lowest BCUT2D eigenvalue weighted by molar-refractivity contribution is -0.116. The van der Waals surface area contributed by atoms with Crippen LogP contribution in [-0.4, -0.2) is 20.4 Å². The monoisotopic (exact) mass is 436 g/mol. The average molecular weight is 437 g/mol. The highest BCUT2D eigenvalue weighted by Crippen LogP contribution is 2.27. The predicted molar refractivity (Wildman–Crippen MR) is 123 cm³/mol. The normalized spacial score (nSPS) is 11.0. The minimum Gasteiger partial charge on any atom is -0.325 e. The minimum atomic E-state index is -0.106. The number of imidazole rings is 1. The van der Waals surface area contributed by atoms with Crippen molar-refractivity contribution in [2.75, 3.05) is 5.32 Å². The molecule has 7 heteroatoms. The number of carbonyl (C=O) groups is 1. The summed E-state index contributed by atoms with van der Waals surface area (Å²) in [7, 11) is 0. The minimum absolute atomic E-state index is 0.106. The number of aryl methyl sites for hydroxylation is 2. The third kappa shape index (κ3) is 4.66. The van der Waals surface area contributed by atoms with E-state index in [0.29, 0.717) is 10.8 Å². The molecule has 30 heavy (non-hydrogen) atoms. The molecule has 0 aliphatic heterocycles. The van der Waals surface area contributed by atoms with Crippen LogP contribution in [0.3, 0.4) is 0 Å². The number of amides is 1. The Hall–Kier alpha value is -2.83. The highest BCUT2D eigenvalue weighted by molar-refractivity contribution is 7.98. The van der Waals surface area contributed by atoms with E-state index < -0.39 is 0 Å². The number of hydrogen-bond acceptors (Lipinski definition) is 4. The van der Waals surface area contributed by atoms with Gasteiger partial charge < -0.3 is 9.88 Å². The van der Waals surface area contributed by atoms with Crippen molar-refractivity contribution in [2.45, 2.75) is 31.3 Å². The molecule has 0 radical (unpaired) electrons. The molecule has 4 aromatic rings. The molecule has 0 saturated heterocycles. The summed E-state index contributed by atoms with van der Waals surface area (Å²) in [4.78, 5) is 21.7. The third-order valence-electron chi connectivity index (χ3n) is 4.86. The molecule has 2 aromatic carbocycles. The Morgan fingerprint density at radius 3 is 2.80 bits per heavy atom. The molecule has 1 amide bonds. The van der Waals surface area contributed by atoms with Crippen molar-refractivity contribution in [3.05, 3.63) is 82.6 Å². The fourth-order valence-electron chi connectivity index (χ4n) is 3.15. The highest BCUT2D eigenvalue weighted by atomic mass is 35.5. The summed E-state index contributed by atoms with van der Waals surface area (Å²) in [5.41, 5.74) is 5.88. The number of thioether (sulfide) groups is 1. The maximum atomic E-state index is 12.8. The van der Waals surface area contributed by atoms with E-state index in [1.807, 2.05) is 60.0 Å². The van der Waals surface area contributed by atoms with E-state index in [1.54, 1.807) is 24.2 Å². The van der Waals surface area contributed by atoms with Gasteiger partial charge in [-0.05, 0) is 60.9 Å². The van der Waals surface area contributed by atoms with Crippen molar-refractivity contribution in [3.8, 4) is 0 Å². The van der Waals surface area contributed by atoms with E-state index >= 15 is 0 Å². The third-order valence-corrected chi connectivity index (χ3v) is 6.15. The zero-order valence-corrected chi connectivity index (χ0v) is 18.3. The molecule has 4 rings (SSSR count). The zero-order valence-electron chi connectivity index (χ0n) is 16.7. The van der Waals surface area contributed by atoms with Gasteiger partial charge in [-0.15, -0.1) is 0 Å². The SMILES string of the molecule is Cc1ccc(NC(=O)Cn2c(SCc3cccc(Cl)c3)nc3ccncc32)cc1C. The second kappa shape index (κ2) is 8.90. The highest BCUT2D eigenvalue weighted by Gasteiger charge is 2.15. The molecule has 0 aliphatic rings. The van der Waals surface area contributed by atoms with Gasteiger partial charge in [0.05, 0.1) is 17.2 Å². The molecule has 0 aliphatic carbocycles. The first-order valence-electron chi connectivity index (χ1n) is 9.54. The molecule has 2 heterocycles. The summed E-state index contributed by atoms with van der Waals surface area (Å²) in [6.45, 7) is 4.24. The molecule has 0 bridgehead atoms. The van der Waals surface area contributed by atoms with Gasteiger partial charge in [-0.1, -0.05) is 41.6 Å². The summed E-state index contributed by atoms with van der Waals surface area (Å²) in [5, 5.41) is 4.47. The molecule has 0 unspecified atom stereocenters. The van der Waals surface area contributed by atoms with Crippen LogP contribution in [-0.2, 0) is 17.1 Å². The Balaban J connectivity index is 1.56. The lowest BCUT2D eigenvalue weighted by atomic mass is 10.1. The Morgan fingerprint density at radius 2 is 2.00 bits per heavy atom. The second-order valence-electron chi connectivity index (χ2n) is 7.11. The van der Waals surface area contributed by atoms with Gasteiger partial charge >= 0.3 is 0 Å². The summed E-state index contributed by atoms with van der Waals surface area (Å²) >= 11 is 7.67. The molecule has 0 saturated carbocycles. The first kappa shape index (κ1) is 20.4. The van der Waals surface area contributed by atoms with Gasteiger partial charge in [-0.25, -0.2) is 4.98 Å². The van der Waals surface area contributed by atoms with Crippen LogP contribution in [0.4, 0.5) is 5.69 Å². The summed E-state index contributed by atoms with van der Waals surface area (Å²) < 4.78 is 1.91. The molecule has 5 nitrogen and oxygen atoms in total. The van der Waals surface area contributed by atoms with E-state index in [-0.39, 0.29) is 12.5 Å². The average Bonchev–Trinajstić information content (AvgIpc) is 3.07. The maximum Gasteiger partial charge on any atom is 0.244 e. The van der Waals surface area contributed by atoms with Gasteiger partial charge in [0.1, 0.15) is 6.54 Å². The summed E-state index contributed by atoms with van der Waals surface area (Å²) in [5.74, 6) is 0.599. The fourth-order valence-corrected chi connectivity index (χ4v) is 4.32. The van der Waals surface area contributed by atoms with Crippen LogP contribution in [0.15, 0.2) is 66.1 Å². The smallest absolute Gasteiger partial charge is 0.244 e. The van der Waals surface area contributed by atoms with Crippen LogP contribution in [0.2, 0.25) is 5.02 Å². The molecular formula is C23H21ClN4OS. The van der Waals surface area contributed by atoms with E-state index in [0.717, 1.165) is 33.0 Å². The zero-order chi connectivity index (χ0) is 21.1. The van der Waals surface area contributed by atoms with Crippen LogP contribution in [0.25, 0.3) is 11.0 Å². The first-order valence-corrected chi connectivity index (χ1v) is 10.9. The van der Waals surface area contributed by atoms with Crippen LogP contribution in [0.5, 0.6) is 0 Å². The number of anilines is 1. The Morgan fingerprint density at radius 1 is 1.13 bits per heavy atom. The number of hydrogen-bond donors (Lipinski definition) is 1. The van der Waals surface area contributed by atoms with Gasteiger partial charge in [0.25, 0.3) is 0 Å². The van der Waals surface area contributed by atoms with Gasteiger partial charge in [-0.3, -0.25) is 9.78 Å². The molecular weight excluding hydrogens is 416 g/mol.